The summed E-state index contributed by atoms with van der Waals surface area (Å²) >= 11 is 0. The average molecular weight is 249 g/mol. The van der Waals surface area contributed by atoms with Crippen LogP contribution in [0.25, 0.3) is 0 Å². The molecule has 0 aromatic heterocycles. The van der Waals surface area contributed by atoms with Crippen LogP contribution in [0.2, 0.25) is 0 Å². The number of carbonyl (C=O) groups is 2. The molecule has 1 aromatic carbocycles. The van der Waals surface area contributed by atoms with Crippen LogP contribution in [-0.4, -0.2) is 24.6 Å². The fourth-order valence-corrected chi connectivity index (χ4v) is 1.22. The third-order valence-corrected chi connectivity index (χ3v) is 2.35. The summed E-state index contributed by atoms with van der Waals surface area (Å²) in [7, 11) is 1.32. The molecule has 0 aliphatic heterocycles. The van der Waals surface area contributed by atoms with Crippen molar-refractivity contribution in [1.29, 1.82) is 0 Å². The van der Waals surface area contributed by atoms with Gasteiger partial charge in [-0.05, 0) is 13.0 Å². The Kier molecular flexibility index (Phi) is 5.05. The second-order valence-electron chi connectivity index (χ2n) is 3.66. The van der Waals surface area contributed by atoms with Gasteiger partial charge in [-0.3, -0.25) is 4.79 Å². The number of oxime groups is 1. The van der Waals surface area contributed by atoms with Crippen molar-refractivity contribution in [1.82, 2.24) is 0 Å². The standard InChI is InChI=1S/C13H15NO4/c1-9(10(2)15)14-18-8-11-6-4-5-7-12(11)13(16)17-3/h4-7H,8H2,1-3H3. The monoisotopic (exact) mass is 249 g/mol. The van der Waals surface area contributed by atoms with Gasteiger partial charge in [-0.2, -0.15) is 0 Å². The minimum absolute atomic E-state index is 0.107. The van der Waals surface area contributed by atoms with Crippen LogP contribution in [0.3, 0.4) is 0 Å². The van der Waals surface area contributed by atoms with Crippen LogP contribution in [0.15, 0.2) is 29.4 Å². The summed E-state index contributed by atoms with van der Waals surface area (Å²) in [6.07, 6.45) is 0. The van der Waals surface area contributed by atoms with Gasteiger partial charge in [-0.15, -0.1) is 0 Å². The SMILES string of the molecule is COC(=O)c1ccccc1CON=C(C)C(C)=O. The van der Waals surface area contributed by atoms with Gasteiger partial charge in [0.05, 0.1) is 12.7 Å². The summed E-state index contributed by atoms with van der Waals surface area (Å²) in [5.74, 6) is -0.585. The molecule has 0 heterocycles. The number of hydrogen-bond donors (Lipinski definition) is 0. The maximum absolute atomic E-state index is 11.5. The summed E-state index contributed by atoms with van der Waals surface area (Å²) < 4.78 is 4.66. The predicted octanol–water partition coefficient (Wildman–Crippen LogP) is 1.95. The molecule has 0 N–H and O–H groups in total. The Balaban J connectivity index is 2.76. The van der Waals surface area contributed by atoms with E-state index in [4.69, 9.17) is 4.84 Å². The van der Waals surface area contributed by atoms with Crippen molar-refractivity contribution in [3.8, 4) is 0 Å². The molecule has 0 bridgehead atoms. The third-order valence-electron chi connectivity index (χ3n) is 2.35. The van der Waals surface area contributed by atoms with Crippen LogP contribution in [0.4, 0.5) is 0 Å². The van der Waals surface area contributed by atoms with Crippen molar-refractivity contribution < 1.29 is 19.2 Å². The molecule has 1 rings (SSSR count). The summed E-state index contributed by atoms with van der Waals surface area (Å²) in [4.78, 5) is 27.4. The van der Waals surface area contributed by atoms with Crippen molar-refractivity contribution >= 4 is 17.5 Å². The van der Waals surface area contributed by atoms with Gasteiger partial charge in [0.1, 0.15) is 12.3 Å². The van der Waals surface area contributed by atoms with Crippen molar-refractivity contribution in [2.45, 2.75) is 20.5 Å². The second-order valence-corrected chi connectivity index (χ2v) is 3.66. The van der Waals surface area contributed by atoms with E-state index < -0.39 is 5.97 Å². The highest BCUT2D eigenvalue weighted by atomic mass is 16.6. The van der Waals surface area contributed by atoms with Crippen LogP contribution < -0.4 is 0 Å². The number of nitrogens with zero attached hydrogens (tertiary/aromatic N) is 1. The first-order valence-corrected chi connectivity index (χ1v) is 5.40. The van der Waals surface area contributed by atoms with E-state index in [0.717, 1.165) is 0 Å². The van der Waals surface area contributed by atoms with E-state index in [1.165, 1.54) is 14.0 Å². The van der Waals surface area contributed by atoms with Gasteiger partial charge in [0.2, 0.25) is 0 Å². The lowest BCUT2D eigenvalue weighted by Crippen LogP contribution is -2.08. The van der Waals surface area contributed by atoms with E-state index in [1.807, 2.05) is 0 Å². The first-order valence-electron chi connectivity index (χ1n) is 5.40. The minimum Gasteiger partial charge on any atom is -0.465 e. The van der Waals surface area contributed by atoms with Gasteiger partial charge in [0.25, 0.3) is 0 Å². The predicted molar refractivity (Wildman–Crippen MR) is 66.4 cm³/mol. The number of carbonyl (C=O) groups excluding carboxylic acids is 2. The number of benzene rings is 1. The molecular formula is C13H15NO4. The topological polar surface area (TPSA) is 65.0 Å². The second kappa shape index (κ2) is 6.54. The lowest BCUT2D eigenvalue weighted by Gasteiger charge is -2.06. The lowest BCUT2D eigenvalue weighted by molar-refractivity contribution is -0.111. The van der Waals surface area contributed by atoms with Crippen molar-refractivity contribution in [2.75, 3.05) is 7.11 Å². The van der Waals surface area contributed by atoms with E-state index in [-0.39, 0.29) is 18.1 Å². The maximum atomic E-state index is 11.5. The number of rotatable bonds is 5. The zero-order valence-corrected chi connectivity index (χ0v) is 10.6. The quantitative estimate of drug-likeness (QED) is 0.454. The molecule has 0 radical (unpaired) electrons. The summed E-state index contributed by atoms with van der Waals surface area (Å²) in [6, 6.07) is 6.91. The Morgan fingerprint density at radius 1 is 1.22 bits per heavy atom. The van der Waals surface area contributed by atoms with E-state index in [9.17, 15) is 9.59 Å². The number of ether oxygens (including phenoxy) is 1. The smallest absolute Gasteiger partial charge is 0.338 e. The molecule has 0 aliphatic rings. The molecule has 0 saturated heterocycles. The van der Waals surface area contributed by atoms with Crippen molar-refractivity contribution in [3.63, 3.8) is 0 Å². The third kappa shape index (κ3) is 3.69. The van der Waals surface area contributed by atoms with Gasteiger partial charge in [0, 0.05) is 12.5 Å². The molecule has 0 amide bonds. The fourth-order valence-electron chi connectivity index (χ4n) is 1.22. The molecule has 96 valence electrons. The highest BCUT2D eigenvalue weighted by Crippen LogP contribution is 2.11. The Bertz CT molecular complexity index is 480. The van der Waals surface area contributed by atoms with E-state index in [1.54, 1.807) is 31.2 Å². The van der Waals surface area contributed by atoms with Gasteiger partial charge in [-0.1, -0.05) is 23.4 Å². The van der Waals surface area contributed by atoms with Crippen molar-refractivity contribution in [2.24, 2.45) is 5.16 Å². The van der Waals surface area contributed by atoms with Crippen LogP contribution in [0, 0.1) is 0 Å². The van der Waals surface area contributed by atoms with Crippen LogP contribution in [0.5, 0.6) is 0 Å². The largest absolute Gasteiger partial charge is 0.465 e. The van der Waals surface area contributed by atoms with Gasteiger partial charge in [0.15, 0.2) is 5.78 Å². The van der Waals surface area contributed by atoms with Gasteiger partial charge in [-0.25, -0.2) is 4.79 Å². The molecular weight excluding hydrogens is 234 g/mol. The lowest BCUT2D eigenvalue weighted by atomic mass is 10.1. The summed E-state index contributed by atoms with van der Waals surface area (Å²) in [5, 5.41) is 3.66. The summed E-state index contributed by atoms with van der Waals surface area (Å²) in [6.45, 7) is 3.08. The van der Waals surface area contributed by atoms with E-state index in [0.29, 0.717) is 11.1 Å². The fraction of sp³-hybridized carbons (Fsp3) is 0.308. The average Bonchev–Trinajstić information content (AvgIpc) is 2.38. The van der Waals surface area contributed by atoms with Crippen LogP contribution in [0.1, 0.15) is 29.8 Å². The molecule has 5 nitrogen and oxygen atoms in total. The highest BCUT2D eigenvalue weighted by Gasteiger charge is 2.11. The molecule has 0 fully saturated rings. The maximum Gasteiger partial charge on any atom is 0.338 e. The molecule has 0 unspecified atom stereocenters. The number of hydrogen-bond acceptors (Lipinski definition) is 5. The number of methoxy groups -OCH3 is 1. The highest BCUT2D eigenvalue weighted by molar-refractivity contribution is 6.37. The zero-order valence-electron chi connectivity index (χ0n) is 10.6. The first-order chi connectivity index (χ1) is 8.56. The van der Waals surface area contributed by atoms with E-state index >= 15 is 0 Å². The zero-order chi connectivity index (χ0) is 13.5. The van der Waals surface area contributed by atoms with Crippen LogP contribution >= 0.6 is 0 Å². The number of ketones is 1. The Hall–Kier alpha value is -2.17. The number of Topliss-reactive ketones (excluding diaryl/α,β-unsaturated/α-hetero) is 1. The normalized spacial score (nSPS) is 10.9. The molecule has 18 heavy (non-hydrogen) atoms. The van der Waals surface area contributed by atoms with Gasteiger partial charge < -0.3 is 9.57 Å². The molecule has 0 saturated carbocycles. The molecule has 0 atom stereocenters. The van der Waals surface area contributed by atoms with Crippen LogP contribution in [-0.2, 0) is 21.0 Å². The Morgan fingerprint density at radius 3 is 2.50 bits per heavy atom. The first kappa shape index (κ1) is 13.9. The molecule has 0 aliphatic carbocycles. The summed E-state index contributed by atoms with van der Waals surface area (Å²) in [5.41, 5.74) is 1.37. The molecule has 5 heteroatoms. The number of esters is 1. The Morgan fingerprint density at radius 2 is 1.89 bits per heavy atom. The molecule has 0 spiro atoms. The van der Waals surface area contributed by atoms with Gasteiger partial charge >= 0.3 is 5.97 Å². The molecule has 1 aromatic rings. The van der Waals surface area contributed by atoms with Crippen molar-refractivity contribution in [3.05, 3.63) is 35.4 Å². The Labute approximate surface area is 105 Å². The van der Waals surface area contributed by atoms with E-state index in [2.05, 4.69) is 9.89 Å². The minimum atomic E-state index is -0.429.